The number of nitrogens with one attached hydrogen (secondary N) is 1. The topological polar surface area (TPSA) is 102 Å². The van der Waals surface area contributed by atoms with E-state index in [9.17, 15) is 13.2 Å². The van der Waals surface area contributed by atoms with Gasteiger partial charge in [0, 0.05) is 37.2 Å². The van der Waals surface area contributed by atoms with Crippen molar-refractivity contribution in [2.75, 3.05) is 26.0 Å². The molecule has 2 aromatic rings. The van der Waals surface area contributed by atoms with Crippen molar-refractivity contribution >= 4 is 15.9 Å². The average Bonchev–Trinajstić information content (AvgIpc) is 2.86. The number of hydrogen-bond donors (Lipinski definition) is 1. The Labute approximate surface area is 171 Å². The maximum absolute atomic E-state index is 12.2. The van der Waals surface area contributed by atoms with Gasteiger partial charge in [-0.3, -0.25) is 4.79 Å². The van der Waals surface area contributed by atoms with Gasteiger partial charge >= 0.3 is 0 Å². The summed E-state index contributed by atoms with van der Waals surface area (Å²) >= 11 is 0. The first-order chi connectivity index (χ1) is 13.7. The van der Waals surface area contributed by atoms with E-state index >= 15 is 0 Å². The summed E-state index contributed by atoms with van der Waals surface area (Å²) in [7, 11) is -3.29. The van der Waals surface area contributed by atoms with Crippen LogP contribution >= 0.6 is 0 Å². The zero-order valence-corrected chi connectivity index (χ0v) is 17.8. The molecule has 1 amide bonds. The van der Waals surface area contributed by atoms with Gasteiger partial charge in [0.05, 0.1) is 11.9 Å². The Morgan fingerprint density at radius 1 is 1.28 bits per heavy atom. The number of fused-ring (bicyclic) bond motifs is 1. The number of nitrogens with zero attached hydrogens (tertiary/aromatic N) is 2. The van der Waals surface area contributed by atoms with Crippen LogP contribution in [0.25, 0.3) is 0 Å². The summed E-state index contributed by atoms with van der Waals surface area (Å²) in [5.74, 6) is 1.46. The molecule has 1 N–H and O–H groups in total. The summed E-state index contributed by atoms with van der Waals surface area (Å²) in [5, 5.41) is 6.84. The van der Waals surface area contributed by atoms with Gasteiger partial charge in [0.25, 0.3) is 0 Å². The summed E-state index contributed by atoms with van der Waals surface area (Å²) in [5.41, 5.74) is 3.69. The van der Waals surface area contributed by atoms with Crippen LogP contribution in [-0.4, -0.2) is 49.7 Å². The van der Waals surface area contributed by atoms with E-state index in [1.54, 1.807) is 0 Å². The number of hydrogen-bond acceptors (Lipinski definition) is 6. The molecule has 1 aliphatic heterocycles. The van der Waals surface area contributed by atoms with E-state index in [-0.39, 0.29) is 12.5 Å². The molecule has 0 fully saturated rings. The molecule has 1 aromatic heterocycles. The third-order valence-electron chi connectivity index (χ3n) is 5.06. The van der Waals surface area contributed by atoms with Crippen LogP contribution in [0.1, 0.15) is 34.6 Å². The molecule has 8 nitrogen and oxygen atoms in total. The lowest BCUT2D eigenvalue weighted by molar-refractivity contribution is -0.121. The van der Waals surface area contributed by atoms with Gasteiger partial charge in [0.1, 0.15) is 18.1 Å². The summed E-state index contributed by atoms with van der Waals surface area (Å²) in [6.07, 6.45) is 2.82. The van der Waals surface area contributed by atoms with E-state index in [1.165, 1.54) is 10.6 Å². The number of aryl methyl sites for hydroxylation is 3. The first-order valence-electron chi connectivity index (χ1n) is 9.62. The monoisotopic (exact) mass is 421 g/mol. The Bertz CT molecular complexity index is 964. The van der Waals surface area contributed by atoms with Crippen molar-refractivity contribution in [1.82, 2.24) is 14.8 Å². The van der Waals surface area contributed by atoms with E-state index in [4.69, 9.17) is 9.26 Å². The molecule has 1 aromatic carbocycles. The van der Waals surface area contributed by atoms with Crippen LogP contribution in [0.4, 0.5) is 0 Å². The quantitative estimate of drug-likeness (QED) is 0.731. The third-order valence-corrected chi connectivity index (χ3v) is 6.31. The molecule has 158 valence electrons. The smallest absolute Gasteiger partial charge is 0.220 e. The van der Waals surface area contributed by atoms with Crippen LogP contribution in [-0.2, 0) is 34.2 Å². The fraction of sp³-hybridized carbons (Fsp3) is 0.500. The van der Waals surface area contributed by atoms with Gasteiger partial charge < -0.3 is 14.6 Å². The zero-order chi connectivity index (χ0) is 21.0. The van der Waals surface area contributed by atoms with Crippen molar-refractivity contribution in [2.24, 2.45) is 0 Å². The fourth-order valence-corrected chi connectivity index (χ4v) is 4.17. The molecule has 9 heteroatoms. The second-order valence-electron chi connectivity index (χ2n) is 7.29. The number of sulfonamides is 1. The highest BCUT2D eigenvalue weighted by molar-refractivity contribution is 7.88. The van der Waals surface area contributed by atoms with Crippen LogP contribution in [0.3, 0.4) is 0 Å². The molecule has 0 spiro atoms. The van der Waals surface area contributed by atoms with E-state index in [1.807, 2.05) is 32.0 Å². The molecule has 0 saturated carbocycles. The van der Waals surface area contributed by atoms with Crippen LogP contribution in [0, 0.1) is 13.8 Å². The normalized spacial score (nSPS) is 14.7. The lowest BCUT2D eigenvalue weighted by atomic mass is 10.0. The maximum atomic E-state index is 12.2. The highest BCUT2D eigenvalue weighted by Gasteiger charge is 2.22. The number of rotatable bonds is 7. The van der Waals surface area contributed by atoms with Crippen LogP contribution in [0.5, 0.6) is 5.75 Å². The van der Waals surface area contributed by atoms with Gasteiger partial charge in [0.2, 0.25) is 15.9 Å². The minimum absolute atomic E-state index is 0.0271. The van der Waals surface area contributed by atoms with Crippen molar-refractivity contribution in [2.45, 2.75) is 39.7 Å². The van der Waals surface area contributed by atoms with Crippen LogP contribution in [0.2, 0.25) is 0 Å². The second kappa shape index (κ2) is 8.96. The van der Waals surface area contributed by atoms with Crippen molar-refractivity contribution in [3.8, 4) is 5.75 Å². The van der Waals surface area contributed by atoms with Gasteiger partial charge in [-0.15, -0.1) is 0 Å². The zero-order valence-electron chi connectivity index (χ0n) is 17.0. The van der Waals surface area contributed by atoms with Gasteiger partial charge in [-0.2, -0.15) is 4.31 Å². The van der Waals surface area contributed by atoms with Crippen LogP contribution < -0.4 is 10.1 Å². The lowest BCUT2D eigenvalue weighted by Crippen LogP contribution is -2.31. The Balaban J connectivity index is 1.53. The predicted octanol–water partition coefficient (Wildman–Crippen LogP) is 1.74. The Morgan fingerprint density at radius 2 is 2.07 bits per heavy atom. The standard InChI is InChI=1S/C20H27N3O5S/c1-14-18(15(2)28-22-14)8-9-21-20(24)7-5-16-4-6-19-17(12-16)13-23(10-11-27-19)29(3,25)26/h4,6,12H,5,7-11,13H2,1-3H3,(H,21,24). The number of carbonyl (C=O) groups excluding carboxylic acids is 1. The predicted molar refractivity (Wildman–Crippen MR) is 108 cm³/mol. The first kappa shape index (κ1) is 21.3. The average molecular weight is 422 g/mol. The summed E-state index contributed by atoms with van der Waals surface area (Å²) in [4.78, 5) is 12.2. The molecule has 3 rings (SSSR count). The molecular formula is C20H27N3O5S. The summed E-state index contributed by atoms with van der Waals surface area (Å²) in [6.45, 7) is 5.22. The third kappa shape index (κ3) is 5.57. The summed E-state index contributed by atoms with van der Waals surface area (Å²) < 4.78 is 36.0. The van der Waals surface area contributed by atoms with E-state index in [0.717, 1.165) is 28.1 Å². The molecule has 0 radical (unpaired) electrons. The minimum atomic E-state index is -3.29. The SMILES string of the molecule is Cc1noc(C)c1CCNC(=O)CCc1ccc2c(c1)CN(S(C)(=O)=O)CCO2. The Hall–Kier alpha value is -2.39. The van der Waals surface area contributed by atoms with Crippen molar-refractivity contribution in [3.63, 3.8) is 0 Å². The van der Waals surface area contributed by atoms with Crippen molar-refractivity contribution in [1.29, 1.82) is 0 Å². The number of aromatic nitrogens is 1. The summed E-state index contributed by atoms with van der Waals surface area (Å²) in [6, 6.07) is 5.70. The highest BCUT2D eigenvalue weighted by atomic mass is 32.2. The van der Waals surface area contributed by atoms with Crippen molar-refractivity contribution < 1.29 is 22.5 Å². The highest BCUT2D eigenvalue weighted by Crippen LogP contribution is 2.26. The molecular weight excluding hydrogens is 394 g/mol. The molecule has 0 atom stereocenters. The van der Waals surface area contributed by atoms with Gasteiger partial charge in [-0.25, -0.2) is 8.42 Å². The van der Waals surface area contributed by atoms with E-state index < -0.39 is 10.0 Å². The maximum Gasteiger partial charge on any atom is 0.220 e. The fourth-order valence-electron chi connectivity index (χ4n) is 3.39. The van der Waals surface area contributed by atoms with Gasteiger partial charge in [0.15, 0.2) is 0 Å². The number of ether oxygens (including phenoxy) is 1. The number of benzene rings is 1. The molecule has 0 aliphatic carbocycles. The molecule has 29 heavy (non-hydrogen) atoms. The van der Waals surface area contributed by atoms with Gasteiger partial charge in [-0.05, 0) is 38.3 Å². The number of carbonyl (C=O) groups is 1. The lowest BCUT2D eigenvalue weighted by Gasteiger charge is -2.16. The minimum Gasteiger partial charge on any atom is -0.492 e. The Kier molecular flexibility index (Phi) is 6.59. The Morgan fingerprint density at radius 3 is 2.76 bits per heavy atom. The molecule has 2 heterocycles. The largest absolute Gasteiger partial charge is 0.492 e. The molecule has 0 unspecified atom stereocenters. The van der Waals surface area contributed by atoms with Crippen LogP contribution in [0.15, 0.2) is 22.7 Å². The van der Waals surface area contributed by atoms with E-state index in [0.29, 0.717) is 44.7 Å². The molecule has 0 saturated heterocycles. The molecule has 0 bridgehead atoms. The first-order valence-corrected chi connectivity index (χ1v) is 11.5. The van der Waals surface area contributed by atoms with Gasteiger partial charge in [-0.1, -0.05) is 17.3 Å². The van der Waals surface area contributed by atoms with E-state index in [2.05, 4.69) is 10.5 Å². The van der Waals surface area contributed by atoms with Crippen molar-refractivity contribution in [3.05, 3.63) is 46.3 Å². The number of amides is 1. The second-order valence-corrected chi connectivity index (χ2v) is 9.27. The molecule has 1 aliphatic rings.